The molecule has 27 heavy (non-hydrogen) atoms. The van der Waals surface area contributed by atoms with E-state index in [1.165, 1.54) is 4.40 Å². The van der Waals surface area contributed by atoms with Crippen LogP contribution in [0.15, 0.2) is 34.1 Å². The molecule has 0 aliphatic heterocycles. The van der Waals surface area contributed by atoms with Crippen molar-refractivity contribution >= 4 is 15.4 Å². The van der Waals surface area contributed by atoms with E-state index in [0.717, 1.165) is 38.4 Å². The lowest BCUT2D eigenvalue weighted by Gasteiger charge is -2.24. The summed E-state index contributed by atoms with van der Waals surface area (Å²) in [7, 11) is -1.82. The Morgan fingerprint density at radius 2 is 2.04 bits per heavy atom. The molecular weight excluding hydrogens is 368 g/mol. The average Bonchev–Trinajstić information content (AvgIpc) is 3.36. The van der Waals surface area contributed by atoms with E-state index in [1.807, 2.05) is 6.07 Å². The maximum Gasteiger partial charge on any atom is 0.278 e. The van der Waals surface area contributed by atoms with Crippen molar-refractivity contribution in [3.8, 4) is 11.6 Å². The number of fused-ring (bicyclic) bond motifs is 1. The fraction of sp³-hybridized carbons (Fsp3) is 0.500. The van der Waals surface area contributed by atoms with E-state index in [1.54, 1.807) is 25.4 Å². The molecule has 144 valence electrons. The van der Waals surface area contributed by atoms with Crippen LogP contribution in [0, 0.1) is 0 Å². The fourth-order valence-corrected chi connectivity index (χ4v) is 4.67. The molecule has 8 nitrogen and oxygen atoms in total. The number of nitrogens with zero attached hydrogens (tertiary/aromatic N) is 4. The Kier molecular flexibility index (Phi) is 4.51. The molecule has 0 saturated heterocycles. The third-order valence-electron chi connectivity index (χ3n) is 5.30. The lowest BCUT2D eigenvalue weighted by Crippen LogP contribution is -2.25. The minimum absolute atomic E-state index is 0.0391. The summed E-state index contributed by atoms with van der Waals surface area (Å²) in [6.45, 7) is 0.634. The Hall–Kier alpha value is -2.26. The summed E-state index contributed by atoms with van der Waals surface area (Å²) in [6.07, 6.45) is 7.87. The number of aromatic nitrogens is 4. The van der Waals surface area contributed by atoms with Crippen molar-refractivity contribution in [1.29, 1.82) is 0 Å². The summed E-state index contributed by atoms with van der Waals surface area (Å²) in [5, 5.41) is 4.20. The van der Waals surface area contributed by atoms with Gasteiger partial charge in [0.2, 0.25) is 15.0 Å². The molecule has 0 spiro atoms. The summed E-state index contributed by atoms with van der Waals surface area (Å²) in [4.78, 5) is 8.94. The van der Waals surface area contributed by atoms with Crippen LogP contribution in [0.5, 0.6) is 0 Å². The molecule has 0 amide bonds. The van der Waals surface area contributed by atoms with Crippen LogP contribution in [0.25, 0.3) is 17.1 Å². The van der Waals surface area contributed by atoms with E-state index in [0.29, 0.717) is 23.6 Å². The monoisotopic (exact) mass is 390 g/mol. The number of ether oxygens (including phenoxy) is 1. The number of pyridine rings is 1. The van der Waals surface area contributed by atoms with Crippen molar-refractivity contribution in [3.63, 3.8) is 0 Å². The molecule has 3 aromatic heterocycles. The second-order valence-electron chi connectivity index (χ2n) is 7.12. The van der Waals surface area contributed by atoms with Gasteiger partial charge in [-0.3, -0.25) is 4.40 Å². The molecule has 3 aromatic rings. The molecule has 9 heteroatoms. The van der Waals surface area contributed by atoms with Gasteiger partial charge in [-0.25, -0.2) is 13.4 Å². The van der Waals surface area contributed by atoms with E-state index in [2.05, 4.69) is 15.1 Å². The van der Waals surface area contributed by atoms with Crippen molar-refractivity contribution in [2.45, 2.75) is 42.7 Å². The smallest absolute Gasteiger partial charge is 0.278 e. The normalized spacial score (nSPS) is 17.0. The quantitative estimate of drug-likeness (QED) is 0.638. The number of rotatable bonds is 6. The third-order valence-corrected chi connectivity index (χ3v) is 6.25. The van der Waals surface area contributed by atoms with E-state index in [4.69, 9.17) is 9.26 Å². The molecule has 1 aliphatic carbocycles. The molecule has 1 aliphatic rings. The largest absolute Gasteiger partial charge is 0.385 e. The van der Waals surface area contributed by atoms with Gasteiger partial charge >= 0.3 is 0 Å². The van der Waals surface area contributed by atoms with Crippen LogP contribution in [-0.4, -0.2) is 47.9 Å². The second-order valence-corrected chi connectivity index (χ2v) is 9.03. The highest BCUT2D eigenvalue weighted by Crippen LogP contribution is 2.43. The third kappa shape index (κ3) is 3.14. The molecule has 0 unspecified atom stereocenters. The maximum atomic E-state index is 12.1. The highest BCUT2D eigenvalue weighted by molar-refractivity contribution is 7.90. The van der Waals surface area contributed by atoms with Gasteiger partial charge in [0, 0.05) is 31.6 Å². The Balaban J connectivity index is 1.80. The first-order chi connectivity index (χ1) is 12.9. The number of methoxy groups -OCH3 is 1. The predicted octanol–water partition coefficient (Wildman–Crippen LogP) is 2.64. The van der Waals surface area contributed by atoms with Gasteiger partial charge in [0.15, 0.2) is 11.5 Å². The molecule has 3 heterocycles. The van der Waals surface area contributed by atoms with Crippen molar-refractivity contribution in [1.82, 2.24) is 19.5 Å². The SMILES string of the molecule is COCCC1(c2noc(-c3nc(S(C)(=O)=O)n4ccccc34)n2)CCCC1. The molecule has 0 N–H and O–H groups in total. The predicted molar refractivity (Wildman–Crippen MR) is 98.2 cm³/mol. The summed E-state index contributed by atoms with van der Waals surface area (Å²) in [6, 6.07) is 5.36. The summed E-state index contributed by atoms with van der Waals surface area (Å²) < 4.78 is 36.6. The van der Waals surface area contributed by atoms with Crippen molar-refractivity contribution < 1.29 is 17.7 Å². The zero-order valence-corrected chi connectivity index (χ0v) is 16.2. The lowest BCUT2D eigenvalue weighted by atomic mass is 9.82. The van der Waals surface area contributed by atoms with E-state index in [9.17, 15) is 8.42 Å². The van der Waals surface area contributed by atoms with Gasteiger partial charge < -0.3 is 9.26 Å². The Labute approximate surface area is 157 Å². The molecule has 1 saturated carbocycles. The van der Waals surface area contributed by atoms with Crippen molar-refractivity contribution in [3.05, 3.63) is 30.2 Å². The van der Waals surface area contributed by atoms with E-state index < -0.39 is 9.84 Å². The van der Waals surface area contributed by atoms with Crippen LogP contribution >= 0.6 is 0 Å². The van der Waals surface area contributed by atoms with E-state index in [-0.39, 0.29) is 16.5 Å². The van der Waals surface area contributed by atoms with Gasteiger partial charge in [-0.15, -0.1) is 0 Å². The minimum atomic E-state index is -3.50. The average molecular weight is 390 g/mol. The van der Waals surface area contributed by atoms with Crippen LogP contribution < -0.4 is 0 Å². The zero-order valence-electron chi connectivity index (χ0n) is 15.4. The standard InChI is InChI=1S/C18H22N4O4S/c1-25-12-10-18(8-4-5-9-18)16-20-15(26-21-16)14-13-7-3-6-11-22(13)17(19-14)27(2,23)24/h3,6-7,11H,4-5,8-10,12H2,1-2H3. The number of imidazole rings is 1. The number of hydrogen-bond donors (Lipinski definition) is 0. The van der Waals surface area contributed by atoms with Crippen LogP contribution in [0.3, 0.4) is 0 Å². The Morgan fingerprint density at radius 1 is 1.26 bits per heavy atom. The Bertz CT molecular complexity index is 1060. The molecule has 1 fully saturated rings. The summed E-state index contributed by atoms with van der Waals surface area (Å²) in [5.74, 6) is 0.900. The van der Waals surface area contributed by atoms with Gasteiger partial charge in [-0.05, 0) is 31.4 Å². The molecule has 4 rings (SSSR count). The molecule has 0 aromatic carbocycles. The number of sulfone groups is 1. The van der Waals surface area contributed by atoms with Crippen molar-refractivity contribution in [2.75, 3.05) is 20.0 Å². The van der Waals surface area contributed by atoms with Gasteiger partial charge in [0.05, 0.1) is 5.52 Å². The first kappa shape index (κ1) is 18.1. The van der Waals surface area contributed by atoms with Gasteiger partial charge in [0.1, 0.15) is 0 Å². The molecule has 0 bridgehead atoms. The zero-order chi connectivity index (χ0) is 19.1. The maximum absolute atomic E-state index is 12.1. The highest BCUT2D eigenvalue weighted by Gasteiger charge is 2.40. The first-order valence-corrected chi connectivity index (χ1v) is 10.8. The fourth-order valence-electron chi connectivity index (χ4n) is 3.90. The number of hydrogen-bond acceptors (Lipinski definition) is 7. The first-order valence-electron chi connectivity index (χ1n) is 8.95. The molecule has 0 atom stereocenters. The second kappa shape index (κ2) is 6.72. The van der Waals surface area contributed by atoms with Crippen LogP contribution in [0.4, 0.5) is 0 Å². The lowest BCUT2D eigenvalue weighted by molar-refractivity contribution is 0.163. The van der Waals surface area contributed by atoms with Crippen LogP contribution in [0.2, 0.25) is 0 Å². The molecule has 0 radical (unpaired) electrons. The van der Waals surface area contributed by atoms with Crippen molar-refractivity contribution in [2.24, 2.45) is 0 Å². The van der Waals surface area contributed by atoms with E-state index >= 15 is 0 Å². The highest BCUT2D eigenvalue weighted by atomic mass is 32.2. The van der Waals surface area contributed by atoms with Gasteiger partial charge in [-0.1, -0.05) is 24.1 Å². The van der Waals surface area contributed by atoms with Crippen LogP contribution in [0.1, 0.15) is 37.9 Å². The minimum Gasteiger partial charge on any atom is -0.385 e. The topological polar surface area (TPSA) is 99.6 Å². The van der Waals surface area contributed by atoms with Gasteiger partial charge in [0.25, 0.3) is 5.89 Å². The molecular formula is C18H22N4O4S. The summed E-state index contributed by atoms with van der Waals surface area (Å²) >= 11 is 0. The Morgan fingerprint density at radius 3 is 2.74 bits per heavy atom. The van der Waals surface area contributed by atoms with Crippen LogP contribution in [-0.2, 0) is 20.0 Å². The summed E-state index contributed by atoms with van der Waals surface area (Å²) in [5.41, 5.74) is 0.854. The van der Waals surface area contributed by atoms with Gasteiger partial charge in [-0.2, -0.15) is 4.98 Å².